The Hall–Kier alpha value is -1.04. The van der Waals surface area contributed by atoms with Gasteiger partial charge in [0.1, 0.15) is 5.92 Å². The first-order chi connectivity index (χ1) is 8.01. The lowest BCUT2D eigenvalue weighted by molar-refractivity contribution is -0.151. The Morgan fingerprint density at radius 1 is 1.59 bits per heavy atom. The van der Waals surface area contributed by atoms with Crippen molar-refractivity contribution >= 4 is 29.4 Å². The number of hydrogen-bond acceptors (Lipinski definition) is 4. The Balaban J connectivity index is 2.57. The minimum Gasteiger partial charge on any atom is -0.481 e. The molecule has 0 radical (unpaired) electrons. The number of hydrogen-bond donors (Lipinski definition) is 1. The van der Waals surface area contributed by atoms with Gasteiger partial charge in [0.25, 0.3) is 0 Å². The third-order valence-electron chi connectivity index (χ3n) is 2.88. The molecule has 0 aromatic carbocycles. The van der Waals surface area contributed by atoms with Crippen molar-refractivity contribution in [1.82, 2.24) is 4.90 Å². The summed E-state index contributed by atoms with van der Waals surface area (Å²) >= 11 is 1.50. The zero-order chi connectivity index (χ0) is 13.0. The van der Waals surface area contributed by atoms with Crippen molar-refractivity contribution in [2.45, 2.75) is 31.6 Å². The van der Waals surface area contributed by atoms with Crippen molar-refractivity contribution in [3.8, 4) is 0 Å². The number of likely N-dealkylation sites (tertiary alicyclic amines) is 1. The molecule has 1 aliphatic rings. The number of carbonyl (C=O) groups is 3. The first kappa shape index (κ1) is 14.0. The molecular formula is C11H17NO4S. The Morgan fingerprint density at radius 2 is 2.24 bits per heavy atom. The van der Waals surface area contributed by atoms with E-state index in [0.29, 0.717) is 19.3 Å². The Kier molecular flexibility index (Phi) is 4.99. The predicted octanol–water partition coefficient (Wildman–Crippen LogP) is 0.978. The van der Waals surface area contributed by atoms with E-state index < -0.39 is 11.9 Å². The first-order valence-electron chi connectivity index (χ1n) is 5.59. The third kappa shape index (κ3) is 3.21. The van der Waals surface area contributed by atoms with Crippen molar-refractivity contribution in [2.24, 2.45) is 5.92 Å². The minimum atomic E-state index is -1.09. The number of Topliss-reactive ketones (excluding diaryl/α,β-unsaturated/α-hetero) is 1. The van der Waals surface area contributed by atoms with Crippen LogP contribution >= 0.6 is 11.8 Å². The number of β-lactam (4-membered cyclic amide) rings is 1. The normalized spacial score (nSPS) is 20.9. The summed E-state index contributed by atoms with van der Waals surface area (Å²) in [5, 5.41) is 8.97. The molecule has 5 nitrogen and oxygen atoms in total. The largest absolute Gasteiger partial charge is 0.481 e. The maximum absolute atomic E-state index is 11.8. The molecule has 2 unspecified atom stereocenters. The molecule has 1 aliphatic heterocycles. The number of carboxylic acid groups (broad SMARTS) is 1. The van der Waals surface area contributed by atoms with Gasteiger partial charge in [-0.05, 0) is 12.7 Å². The van der Waals surface area contributed by atoms with Gasteiger partial charge in [-0.15, -0.1) is 11.8 Å². The molecular weight excluding hydrogens is 242 g/mol. The van der Waals surface area contributed by atoms with Gasteiger partial charge in [0, 0.05) is 0 Å². The summed E-state index contributed by atoms with van der Waals surface area (Å²) in [4.78, 5) is 35.5. The molecule has 0 bridgehead atoms. The summed E-state index contributed by atoms with van der Waals surface area (Å²) in [5.41, 5.74) is 0. The van der Waals surface area contributed by atoms with Crippen LogP contribution in [0, 0.1) is 5.92 Å². The van der Waals surface area contributed by atoms with Gasteiger partial charge in [0.2, 0.25) is 5.91 Å². The lowest BCUT2D eigenvalue weighted by Crippen LogP contribution is -2.53. The maximum Gasteiger partial charge on any atom is 0.314 e. The number of carboxylic acids is 1. The van der Waals surface area contributed by atoms with Crippen LogP contribution in [0.2, 0.25) is 0 Å². The molecule has 1 saturated heterocycles. The summed E-state index contributed by atoms with van der Waals surface area (Å²) in [6.07, 6.45) is 3.29. The Labute approximate surface area is 105 Å². The van der Waals surface area contributed by atoms with E-state index in [1.54, 1.807) is 0 Å². The highest BCUT2D eigenvalue weighted by Gasteiger charge is 2.38. The molecule has 6 heteroatoms. The van der Waals surface area contributed by atoms with Gasteiger partial charge in [0.05, 0.1) is 18.3 Å². The number of aliphatic carboxylic acids is 1. The van der Waals surface area contributed by atoms with E-state index in [2.05, 4.69) is 0 Å². The summed E-state index contributed by atoms with van der Waals surface area (Å²) in [5.74, 6) is -2.51. The molecule has 1 amide bonds. The van der Waals surface area contributed by atoms with Crippen LogP contribution in [0.4, 0.5) is 0 Å². The smallest absolute Gasteiger partial charge is 0.314 e. The average Bonchev–Trinajstić information content (AvgIpc) is 2.28. The fourth-order valence-corrected chi connectivity index (χ4v) is 2.57. The van der Waals surface area contributed by atoms with Gasteiger partial charge in [-0.1, -0.05) is 13.3 Å². The maximum atomic E-state index is 11.8. The molecule has 1 rings (SSSR count). The molecule has 2 atom stereocenters. The monoisotopic (exact) mass is 259 g/mol. The SMILES string of the molecule is CCCC(C(=O)O)C(=O)CN1C(=O)CC1SC. The van der Waals surface area contributed by atoms with Crippen molar-refractivity contribution in [3.05, 3.63) is 0 Å². The van der Waals surface area contributed by atoms with Crippen molar-refractivity contribution in [3.63, 3.8) is 0 Å². The van der Waals surface area contributed by atoms with Crippen LogP contribution in [-0.2, 0) is 14.4 Å². The van der Waals surface area contributed by atoms with Crippen LogP contribution in [0.15, 0.2) is 0 Å². The van der Waals surface area contributed by atoms with Gasteiger partial charge in [-0.3, -0.25) is 14.4 Å². The first-order valence-corrected chi connectivity index (χ1v) is 6.87. The molecule has 1 N–H and O–H groups in total. The van der Waals surface area contributed by atoms with Crippen molar-refractivity contribution in [1.29, 1.82) is 0 Å². The molecule has 0 aromatic heterocycles. The third-order valence-corrected chi connectivity index (χ3v) is 3.84. The molecule has 1 heterocycles. The summed E-state index contributed by atoms with van der Waals surface area (Å²) < 4.78 is 0. The topological polar surface area (TPSA) is 74.7 Å². The zero-order valence-electron chi connectivity index (χ0n) is 10.0. The van der Waals surface area contributed by atoms with Gasteiger partial charge < -0.3 is 10.0 Å². The quantitative estimate of drug-likeness (QED) is 0.545. The highest BCUT2D eigenvalue weighted by molar-refractivity contribution is 7.99. The molecule has 0 aliphatic carbocycles. The van der Waals surface area contributed by atoms with Crippen molar-refractivity contribution < 1.29 is 19.5 Å². The highest BCUT2D eigenvalue weighted by atomic mass is 32.2. The van der Waals surface area contributed by atoms with Crippen LogP contribution < -0.4 is 0 Å². The van der Waals surface area contributed by atoms with Gasteiger partial charge >= 0.3 is 5.97 Å². The molecule has 0 spiro atoms. The average molecular weight is 259 g/mol. The van der Waals surface area contributed by atoms with Crippen LogP contribution in [0.1, 0.15) is 26.2 Å². The van der Waals surface area contributed by atoms with Gasteiger partial charge in [-0.2, -0.15) is 0 Å². The van der Waals surface area contributed by atoms with E-state index in [-0.39, 0.29) is 23.6 Å². The number of nitrogens with zero attached hydrogens (tertiary/aromatic N) is 1. The summed E-state index contributed by atoms with van der Waals surface area (Å²) in [6.45, 7) is 1.77. The molecule has 1 fully saturated rings. The predicted molar refractivity (Wildman–Crippen MR) is 64.7 cm³/mol. The molecule has 96 valence electrons. The number of amides is 1. The fraction of sp³-hybridized carbons (Fsp3) is 0.727. The fourth-order valence-electron chi connectivity index (χ4n) is 1.81. The Bertz CT molecular complexity index is 331. The number of thioether (sulfide) groups is 1. The number of ketones is 1. The van der Waals surface area contributed by atoms with Crippen LogP contribution in [0.3, 0.4) is 0 Å². The van der Waals surface area contributed by atoms with E-state index in [9.17, 15) is 14.4 Å². The standard InChI is InChI=1S/C11H17NO4S/c1-3-4-7(11(15)16)8(13)6-12-9(14)5-10(12)17-2/h7,10H,3-6H2,1-2H3,(H,15,16). The van der Waals surface area contributed by atoms with Crippen LogP contribution in [0.25, 0.3) is 0 Å². The summed E-state index contributed by atoms with van der Waals surface area (Å²) in [6, 6.07) is 0. The number of rotatable bonds is 7. The molecule has 17 heavy (non-hydrogen) atoms. The Morgan fingerprint density at radius 3 is 2.65 bits per heavy atom. The minimum absolute atomic E-state index is 0.0301. The lowest BCUT2D eigenvalue weighted by Gasteiger charge is -2.39. The highest BCUT2D eigenvalue weighted by Crippen LogP contribution is 2.27. The van der Waals surface area contributed by atoms with E-state index in [4.69, 9.17) is 5.11 Å². The second-order valence-electron chi connectivity index (χ2n) is 4.06. The van der Waals surface area contributed by atoms with Gasteiger partial charge in [-0.25, -0.2) is 0 Å². The van der Waals surface area contributed by atoms with Crippen LogP contribution in [-0.4, -0.2) is 45.8 Å². The second-order valence-corrected chi connectivity index (χ2v) is 5.08. The van der Waals surface area contributed by atoms with E-state index in [0.717, 1.165) is 0 Å². The van der Waals surface area contributed by atoms with E-state index in [1.807, 2.05) is 13.2 Å². The number of carbonyl (C=O) groups excluding carboxylic acids is 2. The zero-order valence-corrected chi connectivity index (χ0v) is 10.8. The van der Waals surface area contributed by atoms with Gasteiger partial charge in [0.15, 0.2) is 5.78 Å². The van der Waals surface area contributed by atoms with E-state index >= 15 is 0 Å². The van der Waals surface area contributed by atoms with E-state index in [1.165, 1.54) is 16.7 Å². The molecule has 0 aromatic rings. The summed E-state index contributed by atoms with van der Waals surface area (Å²) in [7, 11) is 0. The lowest BCUT2D eigenvalue weighted by atomic mass is 9.97. The van der Waals surface area contributed by atoms with Crippen molar-refractivity contribution in [2.75, 3.05) is 12.8 Å². The second kappa shape index (κ2) is 6.05. The van der Waals surface area contributed by atoms with Crippen LogP contribution in [0.5, 0.6) is 0 Å². The molecule has 0 saturated carbocycles.